The summed E-state index contributed by atoms with van der Waals surface area (Å²) in [5.41, 5.74) is 2.93. The zero-order valence-electron chi connectivity index (χ0n) is 23.0. The van der Waals surface area contributed by atoms with Crippen molar-refractivity contribution in [2.24, 2.45) is 0 Å². The van der Waals surface area contributed by atoms with Crippen LogP contribution in [0.15, 0.2) is 77.7 Å². The van der Waals surface area contributed by atoms with Crippen LogP contribution in [0.3, 0.4) is 0 Å². The number of carbonyl (C=O) groups is 2. The fourth-order valence-electron chi connectivity index (χ4n) is 4.36. The third-order valence-corrected chi connectivity index (χ3v) is 8.51. The van der Waals surface area contributed by atoms with E-state index in [2.05, 4.69) is 5.32 Å². The molecule has 0 saturated carbocycles. The molecule has 0 radical (unpaired) electrons. The Hall–Kier alpha value is -3.36. The van der Waals surface area contributed by atoms with E-state index >= 15 is 0 Å². The normalized spacial score (nSPS) is 12.2. The fourth-order valence-corrected chi connectivity index (χ4v) is 5.97. The van der Waals surface area contributed by atoms with Gasteiger partial charge in [-0.2, -0.15) is 0 Å². The van der Waals surface area contributed by atoms with E-state index in [0.717, 1.165) is 15.4 Å². The lowest BCUT2D eigenvalue weighted by atomic mass is 10.1. The van der Waals surface area contributed by atoms with Gasteiger partial charge in [0.2, 0.25) is 11.8 Å². The molecule has 1 atom stereocenters. The number of benzene rings is 3. The van der Waals surface area contributed by atoms with E-state index in [0.29, 0.717) is 22.7 Å². The van der Waals surface area contributed by atoms with Gasteiger partial charge in [0.05, 0.1) is 10.6 Å². The Morgan fingerprint density at radius 1 is 0.897 bits per heavy atom. The highest BCUT2D eigenvalue weighted by atomic mass is 35.5. The lowest BCUT2D eigenvalue weighted by Gasteiger charge is -2.34. The molecule has 2 amide bonds. The molecular formula is C30H36ClN3O4S. The van der Waals surface area contributed by atoms with Crippen LogP contribution in [-0.4, -0.2) is 43.8 Å². The minimum atomic E-state index is -4.15. The molecule has 0 spiro atoms. The van der Waals surface area contributed by atoms with E-state index < -0.39 is 28.5 Å². The summed E-state index contributed by atoms with van der Waals surface area (Å²) in [7, 11) is -4.15. The maximum absolute atomic E-state index is 14.1. The van der Waals surface area contributed by atoms with E-state index in [-0.39, 0.29) is 23.4 Å². The number of nitrogens with zero attached hydrogens (tertiary/aromatic N) is 2. The summed E-state index contributed by atoms with van der Waals surface area (Å²) in [6, 6.07) is 19.6. The zero-order chi connectivity index (χ0) is 28.7. The van der Waals surface area contributed by atoms with Gasteiger partial charge < -0.3 is 10.2 Å². The monoisotopic (exact) mass is 569 g/mol. The van der Waals surface area contributed by atoms with Crippen molar-refractivity contribution in [2.45, 2.75) is 64.6 Å². The maximum atomic E-state index is 14.1. The van der Waals surface area contributed by atoms with Gasteiger partial charge in [-0.05, 0) is 81.1 Å². The summed E-state index contributed by atoms with van der Waals surface area (Å²) in [5, 5.41) is 3.31. The number of amides is 2. The van der Waals surface area contributed by atoms with Crippen molar-refractivity contribution in [1.82, 2.24) is 10.2 Å². The largest absolute Gasteiger partial charge is 0.352 e. The molecule has 3 rings (SSSR count). The number of halogens is 1. The predicted octanol–water partition coefficient (Wildman–Crippen LogP) is 5.48. The SMILES string of the molecule is CC[C@H](C(=O)NC(C)C)N(Cc1ccccc1C)C(=O)CN(c1ccccc1C)S(=O)(=O)c1ccc(Cl)cc1. The van der Waals surface area contributed by atoms with E-state index in [4.69, 9.17) is 11.6 Å². The highest BCUT2D eigenvalue weighted by Crippen LogP contribution is 2.28. The predicted molar refractivity (Wildman–Crippen MR) is 156 cm³/mol. The molecule has 7 nitrogen and oxygen atoms in total. The van der Waals surface area contributed by atoms with Crippen LogP contribution < -0.4 is 9.62 Å². The summed E-state index contributed by atoms with van der Waals surface area (Å²) < 4.78 is 29.0. The zero-order valence-corrected chi connectivity index (χ0v) is 24.6. The summed E-state index contributed by atoms with van der Waals surface area (Å²) in [5.74, 6) is -0.762. The molecule has 0 bridgehead atoms. The van der Waals surface area contributed by atoms with Gasteiger partial charge in [0.25, 0.3) is 10.0 Å². The number of sulfonamides is 1. The molecule has 0 aliphatic heterocycles. The van der Waals surface area contributed by atoms with Crippen molar-refractivity contribution < 1.29 is 18.0 Å². The molecular weight excluding hydrogens is 534 g/mol. The number of aryl methyl sites for hydroxylation is 2. The molecule has 0 aliphatic rings. The summed E-state index contributed by atoms with van der Waals surface area (Å²) in [4.78, 5) is 28.8. The smallest absolute Gasteiger partial charge is 0.264 e. The van der Waals surface area contributed by atoms with Crippen molar-refractivity contribution >= 4 is 39.1 Å². The molecule has 0 saturated heterocycles. The highest BCUT2D eigenvalue weighted by molar-refractivity contribution is 7.92. The molecule has 0 fully saturated rings. The Kier molecular flexibility index (Phi) is 10.2. The van der Waals surface area contributed by atoms with Crippen LogP contribution in [0.4, 0.5) is 5.69 Å². The maximum Gasteiger partial charge on any atom is 0.264 e. The molecule has 39 heavy (non-hydrogen) atoms. The molecule has 3 aromatic rings. The van der Waals surface area contributed by atoms with Crippen molar-refractivity contribution in [3.63, 3.8) is 0 Å². The first kappa shape index (κ1) is 30.2. The third-order valence-electron chi connectivity index (χ3n) is 6.48. The number of rotatable bonds is 11. The minimum absolute atomic E-state index is 0.0120. The molecule has 3 aromatic carbocycles. The van der Waals surface area contributed by atoms with Crippen LogP contribution in [0.5, 0.6) is 0 Å². The molecule has 9 heteroatoms. The Labute approximate surface area is 236 Å². The Balaban J connectivity index is 2.09. The van der Waals surface area contributed by atoms with Gasteiger partial charge in [0.15, 0.2) is 0 Å². The second-order valence-electron chi connectivity index (χ2n) is 9.79. The van der Waals surface area contributed by atoms with E-state index in [9.17, 15) is 18.0 Å². The Morgan fingerprint density at radius 3 is 2.05 bits per heavy atom. The number of hydrogen-bond acceptors (Lipinski definition) is 4. The van der Waals surface area contributed by atoms with Crippen molar-refractivity contribution in [3.8, 4) is 0 Å². The summed E-state index contributed by atoms with van der Waals surface area (Å²) in [6.45, 7) is 8.98. The lowest BCUT2D eigenvalue weighted by Crippen LogP contribution is -2.53. The average molecular weight is 570 g/mol. The van der Waals surface area contributed by atoms with Gasteiger partial charge in [0, 0.05) is 17.6 Å². The van der Waals surface area contributed by atoms with Crippen molar-refractivity contribution in [3.05, 3.63) is 94.5 Å². The van der Waals surface area contributed by atoms with Gasteiger partial charge in [-0.1, -0.05) is 61.0 Å². The first-order valence-electron chi connectivity index (χ1n) is 12.9. The average Bonchev–Trinajstić information content (AvgIpc) is 2.88. The topological polar surface area (TPSA) is 86.8 Å². The Bertz CT molecular complexity index is 1410. The van der Waals surface area contributed by atoms with E-state index in [1.54, 1.807) is 25.1 Å². The molecule has 1 N–H and O–H groups in total. The van der Waals surface area contributed by atoms with Gasteiger partial charge in [0.1, 0.15) is 12.6 Å². The summed E-state index contributed by atoms with van der Waals surface area (Å²) >= 11 is 6.01. The quantitative estimate of drug-likeness (QED) is 0.331. The van der Waals surface area contributed by atoms with E-state index in [1.807, 2.05) is 58.0 Å². The van der Waals surface area contributed by atoms with Gasteiger partial charge in [-0.15, -0.1) is 0 Å². The molecule has 0 unspecified atom stereocenters. The standard InChI is InChI=1S/C30H36ClN3O4S/c1-6-27(30(36)32-21(2)3)33(19-24-13-9-7-11-22(24)4)29(35)20-34(28-14-10-8-12-23(28)5)39(37,38)26-17-15-25(31)16-18-26/h7-18,21,27H,6,19-20H2,1-5H3,(H,32,36)/t27-/m1/s1. The third kappa shape index (κ3) is 7.40. The van der Waals surface area contributed by atoms with Gasteiger partial charge in [-0.3, -0.25) is 13.9 Å². The van der Waals surface area contributed by atoms with Gasteiger partial charge >= 0.3 is 0 Å². The second-order valence-corrected chi connectivity index (χ2v) is 12.1. The number of nitrogens with one attached hydrogen (secondary N) is 1. The van der Waals surface area contributed by atoms with Crippen LogP contribution in [0.25, 0.3) is 0 Å². The van der Waals surface area contributed by atoms with Crippen molar-refractivity contribution in [1.29, 1.82) is 0 Å². The molecule has 208 valence electrons. The highest BCUT2D eigenvalue weighted by Gasteiger charge is 2.34. The minimum Gasteiger partial charge on any atom is -0.352 e. The van der Waals surface area contributed by atoms with Crippen molar-refractivity contribution in [2.75, 3.05) is 10.8 Å². The number of para-hydroxylation sites is 1. The number of anilines is 1. The second kappa shape index (κ2) is 13.1. The lowest BCUT2D eigenvalue weighted by molar-refractivity contribution is -0.140. The number of carbonyl (C=O) groups excluding carboxylic acids is 2. The van der Waals surface area contributed by atoms with Crippen LogP contribution in [-0.2, 0) is 26.2 Å². The molecule has 0 aromatic heterocycles. The van der Waals surface area contributed by atoms with Gasteiger partial charge in [-0.25, -0.2) is 8.42 Å². The van der Waals surface area contributed by atoms with Crippen LogP contribution in [0.2, 0.25) is 5.02 Å². The fraction of sp³-hybridized carbons (Fsp3) is 0.333. The molecule has 0 heterocycles. The Morgan fingerprint density at radius 2 is 1.49 bits per heavy atom. The van der Waals surface area contributed by atoms with Crippen LogP contribution in [0, 0.1) is 13.8 Å². The summed E-state index contributed by atoms with van der Waals surface area (Å²) in [6.07, 6.45) is 0.366. The first-order chi connectivity index (χ1) is 18.4. The first-order valence-corrected chi connectivity index (χ1v) is 14.8. The van der Waals surface area contributed by atoms with Crippen LogP contribution >= 0.6 is 11.6 Å². The van der Waals surface area contributed by atoms with Crippen LogP contribution in [0.1, 0.15) is 43.9 Å². The molecule has 0 aliphatic carbocycles. The number of hydrogen-bond donors (Lipinski definition) is 1. The van der Waals surface area contributed by atoms with E-state index in [1.165, 1.54) is 29.2 Å².